The van der Waals surface area contributed by atoms with Crippen LogP contribution in [0.2, 0.25) is 5.02 Å². The number of hydrogen-bond acceptors (Lipinski definition) is 5. The van der Waals surface area contributed by atoms with Crippen LogP contribution in [0.1, 0.15) is 35.3 Å². The third kappa shape index (κ3) is 3.72. The fourth-order valence-electron chi connectivity index (χ4n) is 4.01. The number of ketones is 1. The van der Waals surface area contributed by atoms with E-state index in [9.17, 15) is 9.90 Å². The number of phenols is 1. The molecule has 1 N–H and O–H groups in total. The third-order valence-electron chi connectivity index (χ3n) is 5.58. The van der Waals surface area contributed by atoms with Crippen LogP contribution in [0.5, 0.6) is 11.5 Å². The molecule has 6 heteroatoms. The molecule has 2 aliphatic rings. The summed E-state index contributed by atoms with van der Waals surface area (Å²) < 4.78 is 5.94. The zero-order valence-electron chi connectivity index (χ0n) is 17.0. The molecule has 4 rings (SSSR count). The standard InChI is InChI=1S/C23H25ClN2O3/c1-14(2)22-21(28)20-15(3)11-19(27)18(23(20)29-22)13-25-7-9-26(10-8-25)17-6-4-5-16(24)12-17/h4-6,11-12,27H,7-10,13H2,1-3H3. The van der Waals surface area contributed by atoms with Gasteiger partial charge in [-0.15, -0.1) is 0 Å². The summed E-state index contributed by atoms with van der Waals surface area (Å²) in [4.78, 5) is 17.3. The number of halogens is 1. The second-order valence-electron chi connectivity index (χ2n) is 7.90. The highest BCUT2D eigenvalue weighted by molar-refractivity contribution is 6.30. The smallest absolute Gasteiger partial charge is 0.232 e. The van der Waals surface area contributed by atoms with E-state index < -0.39 is 0 Å². The van der Waals surface area contributed by atoms with Crippen molar-refractivity contribution in [3.63, 3.8) is 0 Å². The molecule has 0 bridgehead atoms. The number of nitrogens with zero attached hydrogens (tertiary/aromatic N) is 2. The lowest BCUT2D eigenvalue weighted by Gasteiger charge is -2.36. The van der Waals surface area contributed by atoms with E-state index in [1.165, 1.54) is 0 Å². The maximum absolute atomic E-state index is 12.7. The van der Waals surface area contributed by atoms with Crippen molar-refractivity contribution in [2.45, 2.75) is 27.3 Å². The Balaban J connectivity index is 1.53. The molecule has 2 aliphatic heterocycles. The van der Waals surface area contributed by atoms with Gasteiger partial charge in [-0.2, -0.15) is 0 Å². The van der Waals surface area contributed by atoms with Crippen LogP contribution in [0.25, 0.3) is 0 Å². The minimum absolute atomic E-state index is 0.0930. The Kier molecular flexibility index (Phi) is 5.28. The first kappa shape index (κ1) is 19.8. The van der Waals surface area contributed by atoms with Gasteiger partial charge in [-0.3, -0.25) is 9.69 Å². The van der Waals surface area contributed by atoms with Gasteiger partial charge in [-0.25, -0.2) is 0 Å². The van der Waals surface area contributed by atoms with Crippen LogP contribution in [0.4, 0.5) is 5.69 Å². The van der Waals surface area contributed by atoms with Crippen LogP contribution < -0.4 is 9.64 Å². The first-order valence-electron chi connectivity index (χ1n) is 9.83. The molecule has 0 radical (unpaired) electrons. The lowest BCUT2D eigenvalue weighted by atomic mass is 9.98. The summed E-state index contributed by atoms with van der Waals surface area (Å²) in [6.07, 6.45) is 0. The molecular formula is C23H25ClN2O3. The number of hydrogen-bond donors (Lipinski definition) is 1. The van der Waals surface area contributed by atoms with Crippen LogP contribution in [0.15, 0.2) is 41.7 Å². The van der Waals surface area contributed by atoms with Crippen LogP contribution in [0.3, 0.4) is 0 Å². The van der Waals surface area contributed by atoms with Crippen molar-refractivity contribution >= 4 is 23.1 Å². The highest BCUT2D eigenvalue weighted by atomic mass is 35.5. The Morgan fingerprint density at radius 2 is 1.90 bits per heavy atom. The van der Waals surface area contributed by atoms with Crippen LogP contribution in [-0.4, -0.2) is 42.0 Å². The van der Waals surface area contributed by atoms with Gasteiger partial charge in [0, 0.05) is 43.4 Å². The summed E-state index contributed by atoms with van der Waals surface area (Å²) in [5.74, 6) is 0.979. The van der Waals surface area contributed by atoms with Crippen molar-refractivity contribution < 1.29 is 14.6 Å². The highest BCUT2D eigenvalue weighted by Crippen LogP contribution is 2.42. The molecule has 0 saturated carbocycles. The Morgan fingerprint density at radius 1 is 1.17 bits per heavy atom. The van der Waals surface area contributed by atoms with Gasteiger partial charge in [-0.1, -0.05) is 17.7 Å². The van der Waals surface area contributed by atoms with Crippen molar-refractivity contribution in [2.24, 2.45) is 0 Å². The number of phenolic OH excluding ortho intramolecular Hbond substituents is 1. The van der Waals surface area contributed by atoms with Crippen molar-refractivity contribution in [3.8, 4) is 11.5 Å². The van der Waals surface area contributed by atoms with Gasteiger partial charge < -0.3 is 14.7 Å². The normalized spacial score (nSPS) is 16.8. The van der Waals surface area contributed by atoms with E-state index in [1.807, 2.05) is 39.0 Å². The zero-order valence-corrected chi connectivity index (χ0v) is 17.7. The Hall–Kier alpha value is -2.50. The first-order chi connectivity index (χ1) is 13.8. The van der Waals surface area contributed by atoms with Gasteiger partial charge in [0.1, 0.15) is 11.5 Å². The van der Waals surface area contributed by atoms with E-state index in [-0.39, 0.29) is 11.5 Å². The largest absolute Gasteiger partial charge is 0.507 e. The van der Waals surface area contributed by atoms with Gasteiger partial charge >= 0.3 is 0 Å². The number of piperazine rings is 1. The second-order valence-corrected chi connectivity index (χ2v) is 8.34. The van der Waals surface area contributed by atoms with Crippen molar-refractivity contribution in [1.29, 1.82) is 0 Å². The summed E-state index contributed by atoms with van der Waals surface area (Å²) in [6, 6.07) is 9.57. The minimum Gasteiger partial charge on any atom is -0.507 e. The number of benzene rings is 2. The molecule has 1 saturated heterocycles. The van der Waals surface area contributed by atoms with Crippen molar-refractivity contribution in [3.05, 3.63) is 63.4 Å². The molecule has 2 heterocycles. The molecule has 2 aromatic carbocycles. The molecule has 1 fully saturated rings. The summed E-state index contributed by atoms with van der Waals surface area (Å²) in [5.41, 5.74) is 3.97. The number of anilines is 1. The summed E-state index contributed by atoms with van der Waals surface area (Å²) in [5, 5.41) is 11.3. The maximum Gasteiger partial charge on any atom is 0.232 e. The van der Waals surface area contributed by atoms with Crippen LogP contribution in [-0.2, 0) is 6.54 Å². The highest BCUT2D eigenvalue weighted by Gasteiger charge is 2.34. The Bertz CT molecular complexity index is 1000. The molecule has 0 atom stereocenters. The number of Topliss-reactive ketones (excluding diaryl/α,β-unsaturated/α-hetero) is 1. The second kappa shape index (κ2) is 7.73. The number of carbonyl (C=O) groups excluding carboxylic acids is 1. The van der Waals surface area contributed by atoms with Gasteiger partial charge in [0.15, 0.2) is 5.76 Å². The first-order valence-corrected chi connectivity index (χ1v) is 10.2. The number of allylic oxidation sites excluding steroid dienone is 2. The van der Waals surface area contributed by atoms with E-state index in [4.69, 9.17) is 16.3 Å². The lowest BCUT2D eigenvalue weighted by molar-refractivity contribution is 0.101. The summed E-state index contributed by atoms with van der Waals surface area (Å²) in [7, 11) is 0. The topological polar surface area (TPSA) is 53.0 Å². The zero-order chi connectivity index (χ0) is 20.7. The number of rotatable bonds is 3. The summed E-state index contributed by atoms with van der Waals surface area (Å²) >= 11 is 6.12. The third-order valence-corrected chi connectivity index (χ3v) is 5.81. The number of carbonyl (C=O) groups is 1. The van der Waals surface area contributed by atoms with E-state index in [1.54, 1.807) is 6.07 Å². The fraction of sp³-hybridized carbons (Fsp3) is 0.348. The molecule has 0 aromatic heterocycles. The summed E-state index contributed by atoms with van der Waals surface area (Å²) in [6.45, 7) is 9.53. The Morgan fingerprint density at radius 3 is 2.55 bits per heavy atom. The van der Waals surface area contributed by atoms with Gasteiger partial charge in [0.25, 0.3) is 0 Å². The lowest BCUT2D eigenvalue weighted by Crippen LogP contribution is -2.46. The molecule has 29 heavy (non-hydrogen) atoms. The quantitative estimate of drug-likeness (QED) is 0.750. The molecular weight excluding hydrogens is 388 g/mol. The SMILES string of the molecule is CC(C)=C1Oc2c(CN3CCN(c4cccc(Cl)c4)CC3)c(O)cc(C)c2C1=O. The van der Waals surface area contributed by atoms with Gasteiger partial charge in [0.05, 0.1) is 11.1 Å². The van der Waals surface area contributed by atoms with Crippen molar-refractivity contribution in [1.82, 2.24) is 4.90 Å². The van der Waals surface area contributed by atoms with E-state index in [0.29, 0.717) is 29.2 Å². The minimum atomic E-state index is -0.0930. The van der Waals surface area contributed by atoms with Crippen LogP contribution >= 0.6 is 11.6 Å². The fourth-order valence-corrected chi connectivity index (χ4v) is 4.19. The van der Waals surface area contributed by atoms with E-state index in [2.05, 4.69) is 15.9 Å². The number of ether oxygens (including phenoxy) is 1. The predicted molar refractivity (Wildman–Crippen MR) is 115 cm³/mol. The predicted octanol–water partition coefficient (Wildman–Crippen LogP) is 4.55. The average Bonchev–Trinajstić information content (AvgIpc) is 3.03. The van der Waals surface area contributed by atoms with E-state index >= 15 is 0 Å². The number of aromatic hydroxyl groups is 1. The maximum atomic E-state index is 12.7. The molecule has 5 nitrogen and oxygen atoms in total. The van der Waals surface area contributed by atoms with Gasteiger partial charge in [-0.05, 0) is 56.2 Å². The molecule has 2 aromatic rings. The molecule has 0 unspecified atom stereocenters. The molecule has 152 valence electrons. The van der Waals surface area contributed by atoms with Gasteiger partial charge in [0.2, 0.25) is 5.78 Å². The Labute approximate surface area is 176 Å². The van der Waals surface area contributed by atoms with Crippen LogP contribution in [0, 0.1) is 6.92 Å². The van der Waals surface area contributed by atoms with E-state index in [0.717, 1.165) is 48.0 Å². The molecule has 0 amide bonds. The monoisotopic (exact) mass is 412 g/mol. The van der Waals surface area contributed by atoms with Crippen molar-refractivity contribution in [2.75, 3.05) is 31.1 Å². The average molecular weight is 413 g/mol. The number of aryl methyl sites for hydroxylation is 1. The molecule has 0 spiro atoms. The molecule has 0 aliphatic carbocycles. The number of fused-ring (bicyclic) bond motifs is 1.